The van der Waals surface area contributed by atoms with Gasteiger partial charge in [-0.25, -0.2) is 0 Å². The smallest absolute Gasteiger partial charge is 0.263 e. The van der Waals surface area contributed by atoms with Crippen LogP contribution in [0.25, 0.3) is 12.1 Å². The molecular weight excluding hydrogens is 464 g/mol. The third-order valence-electron chi connectivity index (χ3n) is 5.79. The Hall–Kier alpha value is -2.62. The molecule has 176 valence electrons. The van der Waals surface area contributed by atoms with Gasteiger partial charge in [-0.2, -0.15) is 0 Å². The molecule has 1 aliphatic heterocycles. The number of hydrogen-bond acceptors (Lipinski definition) is 7. The molecule has 0 unspecified atom stereocenters. The molecular formula is C23H27ClN4O4S. The van der Waals surface area contributed by atoms with E-state index >= 15 is 0 Å². The second kappa shape index (κ2) is 9.70. The first-order valence-corrected chi connectivity index (χ1v) is 11.9. The van der Waals surface area contributed by atoms with E-state index in [0.29, 0.717) is 27.4 Å². The third kappa shape index (κ3) is 5.31. The molecule has 1 amide bonds. The summed E-state index contributed by atoms with van der Waals surface area (Å²) in [5.41, 5.74) is 12.4. The number of ether oxygens (including phenoxy) is 2. The molecule has 1 saturated heterocycles. The van der Waals surface area contributed by atoms with E-state index in [9.17, 15) is 9.59 Å². The zero-order valence-corrected chi connectivity index (χ0v) is 19.9. The van der Waals surface area contributed by atoms with Gasteiger partial charge in [-0.05, 0) is 36.6 Å². The van der Waals surface area contributed by atoms with Crippen LogP contribution in [0, 0.1) is 0 Å². The van der Waals surface area contributed by atoms with Crippen molar-refractivity contribution in [2.75, 3.05) is 19.8 Å². The fraction of sp³-hybridized carbons (Fsp3) is 0.391. The first-order chi connectivity index (χ1) is 15.8. The van der Waals surface area contributed by atoms with E-state index in [1.165, 1.54) is 16.8 Å². The van der Waals surface area contributed by atoms with Gasteiger partial charge in [-0.1, -0.05) is 23.7 Å². The highest BCUT2D eigenvalue weighted by Gasteiger charge is 2.47. The predicted octanol–water partition coefficient (Wildman–Crippen LogP) is 0.371. The lowest BCUT2D eigenvalue weighted by molar-refractivity contribution is 0.0450. The molecule has 1 aliphatic carbocycles. The number of hydrogen-bond donors (Lipinski definition) is 3. The number of aromatic nitrogens is 1. The van der Waals surface area contributed by atoms with E-state index in [-0.39, 0.29) is 22.7 Å². The number of carbonyl (C=O) groups excluding carboxylic acids is 1. The van der Waals surface area contributed by atoms with Gasteiger partial charge in [0.25, 0.3) is 11.5 Å². The van der Waals surface area contributed by atoms with E-state index in [1.54, 1.807) is 31.3 Å². The van der Waals surface area contributed by atoms with E-state index in [0.717, 1.165) is 31.6 Å². The molecule has 0 bridgehead atoms. The SMILES string of the molecule is Cn1c(=O)c(C(=O)NCc2ccc(Cl)cc2)cc(=C/N)/c1=C(\N)OCC1(SC2COC2)CC1. The first-order valence-electron chi connectivity index (χ1n) is 10.6. The average Bonchev–Trinajstić information content (AvgIpc) is 3.56. The van der Waals surface area contributed by atoms with Gasteiger partial charge in [0.2, 0.25) is 5.88 Å². The van der Waals surface area contributed by atoms with Crippen LogP contribution in [0.15, 0.2) is 35.1 Å². The minimum atomic E-state index is -0.504. The Morgan fingerprint density at radius 2 is 2.06 bits per heavy atom. The largest absolute Gasteiger partial charge is 0.476 e. The summed E-state index contributed by atoms with van der Waals surface area (Å²) in [5.74, 6) is -0.396. The molecule has 33 heavy (non-hydrogen) atoms. The van der Waals surface area contributed by atoms with Gasteiger partial charge in [0.1, 0.15) is 17.5 Å². The maximum atomic E-state index is 13.0. The monoisotopic (exact) mass is 490 g/mol. The lowest BCUT2D eigenvalue weighted by atomic mass is 10.2. The standard InChI is InChI=1S/C23H27ClN4O4S/c1-28-19(20(26)32-13-23(6-7-23)33-17-11-31-12-17)15(9-25)8-18(22(28)30)21(29)27-10-14-2-4-16(24)5-3-14/h2-5,8-9,17H,6-7,10-13,25-26H2,1H3,(H,27,29)/b15-9-,20-19-. The van der Waals surface area contributed by atoms with E-state index in [4.69, 9.17) is 32.5 Å². The second-order valence-electron chi connectivity index (χ2n) is 8.32. The van der Waals surface area contributed by atoms with E-state index in [2.05, 4.69) is 5.32 Å². The maximum absolute atomic E-state index is 13.0. The van der Waals surface area contributed by atoms with Gasteiger partial charge in [0, 0.05) is 30.0 Å². The Bertz CT molecular complexity index is 1220. The van der Waals surface area contributed by atoms with E-state index in [1.807, 2.05) is 11.8 Å². The Morgan fingerprint density at radius 3 is 2.64 bits per heavy atom. The summed E-state index contributed by atoms with van der Waals surface area (Å²) in [4.78, 5) is 25.7. The van der Waals surface area contributed by atoms with Crippen molar-refractivity contribution < 1.29 is 14.3 Å². The van der Waals surface area contributed by atoms with Crippen LogP contribution in [0.3, 0.4) is 0 Å². The first kappa shape index (κ1) is 23.5. The molecule has 1 aromatic heterocycles. The molecule has 8 nitrogen and oxygen atoms in total. The normalized spacial score (nSPS) is 18.4. The minimum Gasteiger partial charge on any atom is -0.476 e. The van der Waals surface area contributed by atoms with Gasteiger partial charge >= 0.3 is 0 Å². The molecule has 5 N–H and O–H groups in total. The molecule has 2 aromatic rings. The summed E-state index contributed by atoms with van der Waals surface area (Å²) < 4.78 is 12.5. The molecule has 0 atom stereocenters. The van der Waals surface area contributed by atoms with Crippen LogP contribution >= 0.6 is 23.4 Å². The number of nitrogens with two attached hydrogens (primary N) is 2. The highest BCUT2D eigenvalue weighted by Crippen LogP contribution is 2.51. The van der Waals surface area contributed by atoms with Gasteiger partial charge in [-0.15, -0.1) is 11.8 Å². The number of thioether (sulfide) groups is 1. The number of nitrogens with zero attached hydrogens (tertiary/aromatic N) is 1. The topological polar surface area (TPSA) is 122 Å². The molecule has 4 rings (SSSR count). The predicted molar refractivity (Wildman–Crippen MR) is 130 cm³/mol. The van der Waals surface area contributed by atoms with Crippen LogP contribution in [0.1, 0.15) is 28.8 Å². The Morgan fingerprint density at radius 1 is 1.36 bits per heavy atom. The van der Waals surface area contributed by atoms with Gasteiger partial charge in [-0.3, -0.25) is 9.59 Å². The Balaban J connectivity index is 1.53. The molecule has 0 radical (unpaired) electrons. The molecule has 10 heteroatoms. The summed E-state index contributed by atoms with van der Waals surface area (Å²) in [6, 6.07) is 8.53. The number of nitrogens with one attached hydrogen (secondary N) is 1. The van der Waals surface area contributed by atoms with Crippen molar-refractivity contribution >= 4 is 41.4 Å². The van der Waals surface area contributed by atoms with Crippen LogP contribution < -0.4 is 32.9 Å². The van der Waals surface area contributed by atoms with Crippen molar-refractivity contribution in [3.63, 3.8) is 0 Å². The van der Waals surface area contributed by atoms with Crippen molar-refractivity contribution in [3.8, 4) is 0 Å². The summed E-state index contributed by atoms with van der Waals surface area (Å²) in [5, 5.41) is 4.65. The Labute approximate surface area is 200 Å². The number of halogens is 1. The van der Waals surface area contributed by atoms with Gasteiger partial charge in [0.05, 0.1) is 23.2 Å². The minimum absolute atomic E-state index is 0.0288. The highest BCUT2D eigenvalue weighted by molar-refractivity contribution is 8.01. The fourth-order valence-corrected chi connectivity index (χ4v) is 5.21. The quantitative estimate of drug-likeness (QED) is 0.488. The molecule has 2 fully saturated rings. The van der Waals surface area contributed by atoms with Crippen LogP contribution in [-0.2, 0) is 23.1 Å². The summed E-state index contributed by atoms with van der Waals surface area (Å²) in [6.45, 7) is 2.25. The molecule has 1 saturated carbocycles. The van der Waals surface area contributed by atoms with Gasteiger partial charge in [0.15, 0.2) is 0 Å². The lowest BCUT2D eigenvalue weighted by Crippen LogP contribution is -2.48. The van der Waals surface area contributed by atoms with Crippen LogP contribution in [-0.4, -0.2) is 40.3 Å². The summed E-state index contributed by atoms with van der Waals surface area (Å²) >= 11 is 7.77. The molecule has 2 aliphatic rings. The number of carbonyl (C=O) groups is 1. The molecule has 1 aromatic carbocycles. The molecule has 2 heterocycles. The van der Waals surface area contributed by atoms with Crippen molar-refractivity contribution in [3.05, 3.63) is 67.4 Å². The number of rotatable bonds is 8. The van der Waals surface area contributed by atoms with Crippen molar-refractivity contribution in [2.45, 2.75) is 29.4 Å². The highest BCUT2D eigenvalue weighted by atomic mass is 35.5. The fourth-order valence-electron chi connectivity index (χ4n) is 3.59. The molecule has 0 spiro atoms. The number of benzene rings is 1. The third-order valence-corrected chi connectivity index (χ3v) is 7.67. The van der Waals surface area contributed by atoms with E-state index < -0.39 is 11.5 Å². The number of amides is 1. The Kier molecular flexibility index (Phi) is 6.92. The van der Waals surface area contributed by atoms with Crippen LogP contribution in [0.4, 0.5) is 0 Å². The van der Waals surface area contributed by atoms with Crippen molar-refractivity contribution in [1.29, 1.82) is 0 Å². The number of pyridine rings is 1. The summed E-state index contributed by atoms with van der Waals surface area (Å²) in [7, 11) is 1.55. The van der Waals surface area contributed by atoms with Crippen LogP contribution in [0.2, 0.25) is 5.02 Å². The van der Waals surface area contributed by atoms with Crippen molar-refractivity contribution in [1.82, 2.24) is 9.88 Å². The zero-order valence-electron chi connectivity index (χ0n) is 18.3. The van der Waals surface area contributed by atoms with Gasteiger partial charge < -0.3 is 30.8 Å². The summed E-state index contributed by atoms with van der Waals surface area (Å²) in [6.07, 6.45) is 3.43. The van der Waals surface area contributed by atoms with Crippen molar-refractivity contribution in [2.24, 2.45) is 18.5 Å². The average molecular weight is 491 g/mol. The second-order valence-corrected chi connectivity index (χ2v) is 10.5. The van der Waals surface area contributed by atoms with Crippen LogP contribution in [0.5, 0.6) is 0 Å². The maximum Gasteiger partial charge on any atom is 0.263 e. The lowest BCUT2D eigenvalue weighted by Gasteiger charge is -2.29. The zero-order chi connectivity index (χ0) is 23.6.